The van der Waals surface area contributed by atoms with Crippen molar-refractivity contribution in [2.24, 2.45) is 5.92 Å². The van der Waals surface area contributed by atoms with Gasteiger partial charge in [-0.1, -0.05) is 0 Å². The van der Waals surface area contributed by atoms with E-state index in [0.29, 0.717) is 19.5 Å². The van der Waals surface area contributed by atoms with Gasteiger partial charge >= 0.3 is 0 Å². The Morgan fingerprint density at radius 1 is 1.29 bits per heavy atom. The van der Waals surface area contributed by atoms with E-state index in [1.165, 1.54) is 5.56 Å². The lowest BCUT2D eigenvalue weighted by atomic mass is 10.1. The average molecular weight is 328 g/mol. The van der Waals surface area contributed by atoms with Gasteiger partial charge < -0.3 is 4.90 Å². The summed E-state index contributed by atoms with van der Waals surface area (Å²) < 4.78 is 23.0. The summed E-state index contributed by atoms with van der Waals surface area (Å²) >= 11 is 1.70. The number of carbonyl (C=O) groups is 1. The lowest BCUT2D eigenvalue weighted by Gasteiger charge is -2.35. The van der Waals surface area contributed by atoms with Crippen molar-refractivity contribution in [3.63, 3.8) is 0 Å². The zero-order chi connectivity index (χ0) is 14.9. The predicted octanol–water partition coefficient (Wildman–Crippen LogP) is 0.827. The van der Waals surface area contributed by atoms with Gasteiger partial charge in [0.05, 0.1) is 17.4 Å². The molecule has 0 spiro atoms. The van der Waals surface area contributed by atoms with Crippen LogP contribution in [0.5, 0.6) is 0 Å². The summed E-state index contributed by atoms with van der Waals surface area (Å²) in [5, 5.41) is 4.23. The standard InChI is InChI=1S/C14H20N2O3S2/c17-14(13-2-8-21(18,19)11-13)16-5-3-15(4-6-16)9-12-1-7-20-10-12/h1,7,10,13H,2-6,8-9,11H2. The molecule has 3 heterocycles. The molecule has 0 aliphatic carbocycles. The number of amides is 1. The number of carbonyl (C=O) groups excluding carboxylic acids is 1. The summed E-state index contributed by atoms with van der Waals surface area (Å²) in [5.74, 6) is -0.0626. The Kier molecular flexibility index (Phi) is 4.33. The van der Waals surface area contributed by atoms with E-state index >= 15 is 0 Å². The van der Waals surface area contributed by atoms with Gasteiger partial charge in [-0.05, 0) is 28.8 Å². The molecule has 116 valence electrons. The normalized spacial score (nSPS) is 26.1. The molecule has 7 heteroatoms. The fraction of sp³-hybridized carbons (Fsp3) is 0.643. The first kappa shape index (κ1) is 15.0. The van der Waals surface area contributed by atoms with Crippen LogP contribution >= 0.6 is 11.3 Å². The van der Waals surface area contributed by atoms with E-state index in [1.807, 2.05) is 4.90 Å². The molecule has 2 aliphatic heterocycles. The fourth-order valence-electron chi connectivity index (χ4n) is 3.02. The zero-order valence-electron chi connectivity index (χ0n) is 11.9. The number of hydrogen-bond donors (Lipinski definition) is 0. The highest BCUT2D eigenvalue weighted by molar-refractivity contribution is 7.91. The van der Waals surface area contributed by atoms with Crippen molar-refractivity contribution < 1.29 is 13.2 Å². The molecule has 0 radical (unpaired) electrons. The summed E-state index contributed by atoms with van der Waals surface area (Å²) in [7, 11) is -2.98. The van der Waals surface area contributed by atoms with Gasteiger partial charge in [-0.25, -0.2) is 8.42 Å². The van der Waals surface area contributed by atoms with Crippen LogP contribution in [0, 0.1) is 5.92 Å². The molecule has 0 saturated carbocycles. The molecule has 1 atom stereocenters. The molecular weight excluding hydrogens is 308 g/mol. The van der Waals surface area contributed by atoms with Gasteiger partial charge in [0.1, 0.15) is 0 Å². The lowest BCUT2D eigenvalue weighted by molar-refractivity contribution is -0.136. The van der Waals surface area contributed by atoms with Crippen LogP contribution in [0.15, 0.2) is 16.8 Å². The third kappa shape index (κ3) is 3.64. The number of thiophene rings is 1. The fourth-order valence-corrected chi connectivity index (χ4v) is 5.41. The van der Waals surface area contributed by atoms with Crippen molar-refractivity contribution >= 4 is 27.1 Å². The monoisotopic (exact) mass is 328 g/mol. The highest BCUT2D eigenvalue weighted by atomic mass is 32.2. The molecule has 1 unspecified atom stereocenters. The first-order valence-corrected chi connectivity index (χ1v) is 10.0. The highest BCUT2D eigenvalue weighted by Gasteiger charge is 2.36. The Bertz CT molecular complexity index is 590. The molecule has 1 aromatic rings. The first-order valence-electron chi connectivity index (χ1n) is 7.26. The third-order valence-corrected chi connectivity index (χ3v) is 6.75. The Hall–Kier alpha value is -0.920. The van der Waals surface area contributed by atoms with E-state index in [-0.39, 0.29) is 23.3 Å². The van der Waals surface area contributed by atoms with E-state index in [2.05, 4.69) is 21.7 Å². The molecule has 0 aromatic carbocycles. The van der Waals surface area contributed by atoms with Crippen LogP contribution in [-0.4, -0.2) is 61.8 Å². The second kappa shape index (κ2) is 6.06. The molecule has 21 heavy (non-hydrogen) atoms. The SMILES string of the molecule is O=C(C1CCS(=O)(=O)C1)N1CCN(Cc2ccsc2)CC1. The lowest BCUT2D eigenvalue weighted by Crippen LogP contribution is -2.50. The summed E-state index contributed by atoms with van der Waals surface area (Å²) in [6.07, 6.45) is 0.496. The second-order valence-corrected chi connectivity index (χ2v) is 8.84. The Morgan fingerprint density at radius 3 is 2.62 bits per heavy atom. The van der Waals surface area contributed by atoms with Gasteiger partial charge in [0.15, 0.2) is 9.84 Å². The first-order chi connectivity index (χ1) is 10.0. The van der Waals surface area contributed by atoms with Crippen LogP contribution < -0.4 is 0 Å². The molecular formula is C14H20N2O3S2. The minimum atomic E-state index is -2.98. The number of rotatable bonds is 3. The van der Waals surface area contributed by atoms with E-state index in [4.69, 9.17) is 0 Å². The quantitative estimate of drug-likeness (QED) is 0.825. The number of nitrogens with zero attached hydrogens (tertiary/aromatic N) is 2. The molecule has 3 rings (SSSR count). The van der Waals surface area contributed by atoms with Crippen molar-refractivity contribution in [3.8, 4) is 0 Å². The van der Waals surface area contributed by atoms with Gasteiger partial charge in [0, 0.05) is 32.7 Å². The molecule has 1 aromatic heterocycles. The minimum absolute atomic E-state index is 0.0336. The molecule has 0 N–H and O–H groups in total. The predicted molar refractivity (Wildman–Crippen MR) is 82.9 cm³/mol. The Labute approximate surface area is 129 Å². The highest BCUT2D eigenvalue weighted by Crippen LogP contribution is 2.21. The smallest absolute Gasteiger partial charge is 0.226 e. The summed E-state index contributed by atoms with van der Waals surface area (Å²) in [5.41, 5.74) is 1.32. The van der Waals surface area contributed by atoms with E-state index in [9.17, 15) is 13.2 Å². The number of piperazine rings is 1. The van der Waals surface area contributed by atoms with Gasteiger partial charge in [-0.3, -0.25) is 9.69 Å². The van der Waals surface area contributed by atoms with Crippen LogP contribution in [0.4, 0.5) is 0 Å². The molecule has 2 saturated heterocycles. The van der Waals surface area contributed by atoms with Gasteiger partial charge in [0.25, 0.3) is 0 Å². The molecule has 5 nitrogen and oxygen atoms in total. The van der Waals surface area contributed by atoms with Crippen molar-refractivity contribution in [2.75, 3.05) is 37.7 Å². The van der Waals surface area contributed by atoms with Crippen LogP contribution in [0.25, 0.3) is 0 Å². The van der Waals surface area contributed by atoms with E-state index in [1.54, 1.807) is 11.3 Å². The van der Waals surface area contributed by atoms with Gasteiger partial charge in [0.2, 0.25) is 5.91 Å². The molecule has 2 aliphatic rings. The van der Waals surface area contributed by atoms with Crippen molar-refractivity contribution in [2.45, 2.75) is 13.0 Å². The zero-order valence-corrected chi connectivity index (χ0v) is 13.5. The maximum atomic E-state index is 12.4. The van der Waals surface area contributed by atoms with Crippen molar-refractivity contribution in [3.05, 3.63) is 22.4 Å². The van der Waals surface area contributed by atoms with Crippen LogP contribution in [0.2, 0.25) is 0 Å². The van der Waals surface area contributed by atoms with Crippen molar-refractivity contribution in [1.82, 2.24) is 9.80 Å². The minimum Gasteiger partial charge on any atom is -0.340 e. The second-order valence-electron chi connectivity index (χ2n) is 5.83. The number of hydrogen-bond acceptors (Lipinski definition) is 5. The van der Waals surface area contributed by atoms with Gasteiger partial charge in [-0.2, -0.15) is 11.3 Å². The third-order valence-electron chi connectivity index (χ3n) is 4.25. The Balaban J connectivity index is 1.50. The summed E-state index contributed by atoms with van der Waals surface area (Å²) in [6.45, 7) is 4.07. The Morgan fingerprint density at radius 2 is 2.05 bits per heavy atom. The van der Waals surface area contributed by atoms with E-state index in [0.717, 1.165) is 19.6 Å². The average Bonchev–Trinajstić information content (AvgIpc) is 3.08. The van der Waals surface area contributed by atoms with Crippen LogP contribution in [0.3, 0.4) is 0 Å². The maximum absolute atomic E-state index is 12.4. The summed E-state index contributed by atoms with van der Waals surface area (Å²) in [6, 6.07) is 2.13. The van der Waals surface area contributed by atoms with Gasteiger partial charge in [-0.15, -0.1) is 0 Å². The van der Waals surface area contributed by atoms with Crippen molar-refractivity contribution in [1.29, 1.82) is 0 Å². The molecule has 0 bridgehead atoms. The van der Waals surface area contributed by atoms with Crippen LogP contribution in [-0.2, 0) is 21.2 Å². The molecule has 1 amide bonds. The van der Waals surface area contributed by atoms with E-state index < -0.39 is 9.84 Å². The molecule has 2 fully saturated rings. The summed E-state index contributed by atoms with van der Waals surface area (Å²) in [4.78, 5) is 16.5. The number of sulfone groups is 1. The van der Waals surface area contributed by atoms with Crippen LogP contribution in [0.1, 0.15) is 12.0 Å². The largest absolute Gasteiger partial charge is 0.340 e. The topological polar surface area (TPSA) is 57.7 Å². The maximum Gasteiger partial charge on any atom is 0.226 e.